The van der Waals surface area contributed by atoms with Crippen LogP contribution in [0.2, 0.25) is 0 Å². The Kier molecular flexibility index (Phi) is 27.4. The smallest absolute Gasteiger partial charge is 0.123 e. The fourth-order valence-corrected chi connectivity index (χ4v) is 9.97. The van der Waals surface area contributed by atoms with Crippen molar-refractivity contribution in [2.24, 2.45) is 0 Å². The molecule has 0 saturated carbocycles. The van der Waals surface area contributed by atoms with E-state index in [4.69, 9.17) is 14.2 Å². The number of hydrogen-bond donors (Lipinski definition) is 3. The minimum absolute atomic E-state index is 0. The summed E-state index contributed by atoms with van der Waals surface area (Å²) in [6, 6.07) is 74.0. The van der Waals surface area contributed by atoms with Crippen molar-refractivity contribution in [3.63, 3.8) is 0 Å². The normalized spacial score (nSPS) is 11.7. The molecule has 6 nitrogen and oxygen atoms in total. The fourth-order valence-electron chi connectivity index (χ4n) is 9.97. The SMILES string of the molecule is C.CC/C(=C(\c1ccc(F)cc1)c1ccc(OCCNC)cc1)c1ccc(C)cc1.CC/C(=C(\c1ccc(F)cc1)c1ccc(OCCNC)cc1)c1ccccc1.CC/C(=C(\c1ccccc1)c1ccc(OCCNC)cc1)c1ccc(F)cc1. The van der Waals surface area contributed by atoms with Crippen molar-refractivity contribution in [2.45, 2.75) is 54.4 Å². The van der Waals surface area contributed by atoms with Gasteiger partial charge in [-0.15, -0.1) is 0 Å². The second-order valence-corrected chi connectivity index (χ2v) is 20.2. The van der Waals surface area contributed by atoms with E-state index in [1.54, 1.807) is 0 Å². The highest BCUT2D eigenvalue weighted by molar-refractivity contribution is 6.00. The van der Waals surface area contributed by atoms with Crippen LogP contribution in [-0.2, 0) is 0 Å². The molecule has 0 aliphatic heterocycles. The lowest BCUT2D eigenvalue weighted by Gasteiger charge is -2.17. The molecule has 0 saturated heterocycles. The summed E-state index contributed by atoms with van der Waals surface area (Å²) < 4.78 is 57.8. The van der Waals surface area contributed by atoms with Gasteiger partial charge >= 0.3 is 0 Å². The third-order valence-electron chi connectivity index (χ3n) is 14.3. The molecule has 0 radical (unpaired) electrons. The van der Waals surface area contributed by atoms with Crippen LogP contribution in [0.25, 0.3) is 33.4 Å². The molecule has 9 aromatic carbocycles. The molecule has 0 aliphatic rings. The number of allylic oxidation sites excluding steroid dienone is 3. The summed E-state index contributed by atoms with van der Waals surface area (Å²) in [5.41, 5.74) is 18.2. The average Bonchev–Trinajstić information content (AvgIpc) is 2.13. The molecule has 0 bridgehead atoms. The van der Waals surface area contributed by atoms with Crippen LogP contribution in [0, 0.1) is 24.4 Å². The first-order chi connectivity index (χ1) is 41.6. The van der Waals surface area contributed by atoms with Crippen LogP contribution in [-0.4, -0.2) is 60.6 Å². The van der Waals surface area contributed by atoms with Gasteiger partial charge in [-0.05, 0) is 204 Å². The number of aryl methyl sites for hydroxylation is 1. The van der Waals surface area contributed by atoms with E-state index < -0.39 is 0 Å². The van der Waals surface area contributed by atoms with Gasteiger partial charge in [-0.1, -0.05) is 191 Å². The van der Waals surface area contributed by atoms with E-state index in [1.807, 2.05) is 130 Å². The van der Waals surface area contributed by atoms with Gasteiger partial charge in [-0.2, -0.15) is 0 Å². The summed E-state index contributed by atoms with van der Waals surface area (Å²) in [7, 11) is 5.72. The second-order valence-electron chi connectivity index (χ2n) is 20.2. The Morgan fingerprint density at radius 2 is 0.523 bits per heavy atom. The zero-order valence-electron chi connectivity index (χ0n) is 50.2. The summed E-state index contributed by atoms with van der Waals surface area (Å²) in [4.78, 5) is 0. The number of likely N-dealkylation sites (N-methyl/N-ethyl adjacent to an activating group) is 3. The second kappa shape index (κ2) is 35.5. The Labute approximate surface area is 510 Å². The largest absolute Gasteiger partial charge is 0.492 e. The zero-order chi connectivity index (χ0) is 60.2. The van der Waals surface area contributed by atoms with Crippen LogP contribution in [0.1, 0.15) is 103 Å². The highest BCUT2D eigenvalue weighted by Gasteiger charge is 2.17. The van der Waals surface area contributed by atoms with Crippen molar-refractivity contribution in [3.05, 3.63) is 304 Å². The Morgan fingerprint density at radius 1 is 0.302 bits per heavy atom. The molecule has 0 aromatic heterocycles. The summed E-state index contributed by atoms with van der Waals surface area (Å²) in [6.07, 6.45) is 2.59. The number of hydrogen-bond acceptors (Lipinski definition) is 6. The number of halogens is 3. The lowest BCUT2D eigenvalue weighted by Crippen LogP contribution is -2.15. The maximum absolute atomic E-state index is 13.6. The summed E-state index contributed by atoms with van der Waals surface area (Å²) in [5, 5.41) is 9.22. The highest BCUT2D eigenvalue weighted by atomic mass is 19.1. The first-order valence-corrected chi connectivity index (χ1v) is 29.4. The van der Waals surface area contributed by atoms with Gasteiger partial charge in [-0.3, -0.25) is 0 Å². The predicted octanol–water partition coefficient (Wildman–Crippen LogP) is 18.3. The average molecular weight is 1160 g/mol. The third kappa shape index (κ3) is 19.4. The van der Waals surface area contributed by atoms with Gasteiger partial charge < -0.3 is 30.2 Å². The van der Waals surface area contributed by atoms with Crippen LogP contribution >= 0.6 is 0 Å². The number of nitrogens with one attached hydrogen (secondary N) is 3. The molecular formula is C77H84F3N3O3. The molecule has 0 atom stereocenters. The lowest BCUT2D eigenvalue weighted by atomic mass is 9.88. The molecule has 0 aliphatic carbocycles. The standard InChI is InChI=1S/C26H28FNO.2C25H26FNO.CH4/c1-4-25(20-7-5-19(2)6-8-20)26(21-9-13-23(27)14-10-21)22-11-15-24(16-12-22)29-18-17-28-3;1-3-24(19-9-13-22(26)14-10-19)25(20-7-5-4-6-8-20)21-11-15-23(16-12-21)28-18-17-27-2;1-3-24(19-7-5-4-6-8-19)25(20-9-13-22(26)14-10-20)21-11-15-23(16-12-21)28-18-17-27-2;/h5-16,28H,4,17-18H2,1-3H3;2*4-16,27H,3,17-18H2,1-2H3;1H4/b26-25-;2*25-24-;. The van der Waals surface area contributed by atoms with Crippen molar-refractivity contribution < 1.29 is 27.4 Å². The summed E-state index contributed by atoms with van der Waals surface area (Å²) >= 11 is 0. The van der Waals surface area contributed by atoms with Crippen molar-refractivity contribution in [3.8, 4) is 17.2 Å². The number of rotatable bonds is 24. The predicted molar refractivity (Wildman–Crippen MR) is 356 cm³/mol. The topological polar surface area (TPSA) is 63.8 Å². The van der Waals surface area contributed by atoms with E-state index in [-0.39, 0.29) is 24.9 Å². The van der Waals surface area contributed by atoms with E-state index in [9.17, 15) is 13.2 Å². The first kappa shape index (κ1) is 66.4. The van der Waals surface area contributed by atoms with Gasteiger partial charge in [0.2, 0.25) is 0 Å². The quantitative estimate of drug-likeness (QED) is 0.0414. The first-order valence-electron chi connectivity index (χ1n) is 29.4. The van der Waals surface area contributed by atoms with E-state index in [1.165, 1.54) is 69.8 Å². The maximum atomic E-state index is 13.6. The molecule has 446 valence electrons. The van der Waals surface area contributed by atoms with Crippen molar-refractivity contribution in [1.29, 1.82) is 0 Å². The van der Waals surface area contributed by atoms with Gasteiger partial charge in [0.15, 0.2) is 0 Å². The Hall–Kier alpha value is -8.73. The van der Waals surface area contributed by atoms with E-state index >= 15 is 0 Å². The van der Waals surface area contributed by atoms with Crippen LogP contribution in [0.5, 0.6) is 17.2 Å². The molecule has 9 heteroatoms. The van der Waals surface area contributed by atoms with Gasteiger partial charge in [0.1, 0.15) is 54.5 Å². The zero-order valence-corrected chi connectivity index (χ0v) is 50.2. The Morgan fingerprint density at radius 3 is 0.791 bits per heavy atom. The molecule has 0 heterocycles. The van der Waals surface area contributed by atoms with Crippen LogP contribution in [0.4, 0.5) is 13.2 Å². The third-order valence-corrected chi connectivity index (χ3v) is 14.3. The fraction of sp³-hybridized carbons (Fsp3) is 0.221. The number of ether oxygens (including phenoxy) is 3. The van der Waals surface area contributed by atoms with E-state index in [2.05, 4.69) is 129 Å². The van der Waals surface area contributed by atoms with Gasteiger partial charge in [0, 0.05) is 19.6 Å². The molecule has 9 rings (SSSR count). The minimum atomic E-state index is -0.228. The van der Waals surface area contributed by atoms with Crippen LogP contribution in [0.3, 0.4) is 0 Å². The number of benzene rings is 9. The summed E-state index contributed by atoms with van der Waals surface area (Å²) in [5.74, 6) is 1.87. The maximum Gasteiger partial charge on any atom is 0.123 e. The molecule has 0 spiro atoms. The lowest BCUT2D eigenvalue weighted by molar-refractivity contribution is 0.318. The van der Waals surface area contributed by atoms with Gasteiger partial charge in [0.05, 0.1) is 0 Å². The molecule has 0 amide bonds. The van der Waals surface area contributed by atoms with Crippen molar-refractivity contribution in [2.75, 3.05) is 60.6 Å². The molecular weight excluding hydrogens is 1070 g/mol. The summed E-state index contributed by atoms with van der Waals surface area (Å²) in [6.45, 7) is 12.8. The van der Waals surface area contributed by atoms with Crippen molar-refractivity contribution in [1.82, 2.24) is 16.0 Å². The minimum Gasteiger partial charge on any atom is -0.492 e. The molecule has 0 unspecified atom stereocenters. The van der Waals surface area contributed by atoms with Gasteiger partial charge in [0.25, 0.3) is 0 Å². The van der Waals surface area contributed by atoms with Crippen LogP contribution < -0.4 is 30.2 Å². The van der Waals surface area contributed by atoms with E-state index in [0.717, 1.165) is 112 Å². The molecule has 9 aromatic rings. The molecule has 0 fully saturated rings. The Balaban J connectivity index is 0.000000205. The van der Waals surface area contributed by atoms with Crippen molar-refractivity contribution >= 4 is 33.4 Å². The highest BCUT2D eigenvalue weighted by Crippen LogP contribution is 2.38. The van der Waals surface area contributed by atoms with Gasteiger partial charge in [-0.25, -0.2) is 13.2 Å². The van der Waals surface area contributed by atoms with E-state index in [0.29, 0.717) is 19.8 Å². The molecule has 3 N–H and O–H groups in total. The van der Waals surface area contributed by atoms with Crippen LogP contribution in [0.15, 0.2) is 231 Å². The Bertz CT molecular complexity index is 3490. The monoisotopic (exact) mass is 1160 g/mol. The molecule has 86 heavy (non-hydrogen) atoms.